The Bertz CT molecular complexity index is 575. The molecule has 0 aliphatic carbocycles. The van der Waals surface area contributed by atoms with Crippen LogP contribution in [0.25, 0.3) is 0 Å². The molecule has 0 saturated carbocycles. The molecule has 0 aliphatic rings. The normalized spacial score (nSPS) is 13.2. The van der Waals surface area contributed by atoms with Crippen LogP contribution in [0.1, 0.15) is 12.5 Å². The minimum Gasteiger partial charge on any atom is -0.389 e. The lowest BCUT2D eigenvalue weighted by atomic mass is 10.2. The molecule has 4 nitrogen and oxygen atoms in total. The van der Waals surface area contributed by atoms with Gasteiger partial charge in [-0.2, -0.15) is 11.8 Å². The fourth-order valence-electron chi connectivity index (χ4n) is 1.48. The van der Waals surface area contributed by atoms with Gasteiger partial charge in [-0.25, -0.2) is 13.1 Å². The maximum absolute atomic E-state index is 12.1. The molecule has 1 unspecified atom stereocenters. The molecule has 0 aromatic heterocycles. The average Bonchev–Trinajstić information content (AvgIpc) is 2.27. The third-order valence-corrected chi connectivity index (χ3v) is 5.24. The highest BCUT2D eigenvalue weighted by Crippen LogP contribution is 2.21. The van der Waals surface area contributed by atoms with Crippen molar-refractivity contribution in [2.24, 2.45) is 5.73 Å². The summed E-state index contributed by atoms with van der Waals surface area (Å²) in [5.74, 6) is 0.692. The molecule has 1 aromatic carbocycles. The zero-order valence-corrected chi connectivity index (χ0v) is 13.7. The van der Waals surface area contributed by atoms with Gasteiger partial charge in [0.2, 0.25) is 10.0 Å². The molecule has 1 atom stereocenters. The van der Waals surface area contributed by atoms with E-state index in [4.69, 9.17) is 29.6 Å². The molecule has 0 fully saturated rings. The number of halogens is 1. The summed E-state index contributed by atoms with van der Waals surface area (Å²) in [5, 5.41) is 0.230. The van der Waals surface area contributed by atoms with E-state index in [2.05, 4.69) is 4.72 Å². The van der Waals surface area contributed by atoms with Crippen molar-refractivity contribution in [1.82, 2.24) is 4.72 Å². The number of rotatable bonds is 6. The largest absolute Gasteiger partial charge is 0.389 e. The van der Waals surface area contributed by atoms with Crippen molar-refractivity contribution in [2.75, 3.05) is 12.0 Å². The van der Waals surface area contributed by atoms with Gasteiger partial charge in [-0.15, -0.1) is 0 Å². The quantitative estimate of drug-likeness (QED) is 0.776. The van der Waals surface area contributed by atoms with E-state index in [1.54, 1.807) is 18.7 Å². The average molecular weight is 339 g/mol. The third kappa shape index (κ3) is 4.61. The maximum Gasteiger partial charge on any atom is 0.240 e. The van der Waals surface area contributed by atoms with Crippen LogP contribution in [0.2, 0.25) is 5.02 Å². The molecular formula is C11H15ClN2O2S3. The van der Waals surface area contributed by atoms with Gasteiger partial charge in [0.05, 0.1) is 9.92 Å². The zero-order chi connectivity index (χ0) is 14.6. The summed E-state index contributed by atoms with van der Waals surface area (Å²) in [4.78, 5) is 0.239. The van der Waals surface area contributed by atoms with E-state index in [0.717, 1.165) is 0 Å². The van der Waals surface area contributed by atoms with Crippen molar-refractivity contribution in [3.8, 4) is 0 Å². The number of thioether (sulfide) groups is 1. The third-order valence-electron chi connectivity index (χ3n) is 2.29. The molecule has 0 bridgehead atoms. The number of sulfonamides is 1. The topological polar surface area (TPSA) is 72.2 Å². The van der Waals surface area contributed by atoms with Gasteiger partial charge in [-0.1, -0.05) is 23.8 Å². The number of thiocarbonyl (C=S) groups is 1. The van der Waals surface area contributed by atoms with Crippen LogP contribution in [0.3, 0.4) is 0 Å². The van der Waals surface area contributed by atoms with Crippen LogP contribution in [0, 0.1) is 0 Å². The van der Waals surface area contributed by atoms with Gasteiger partial charge in [-0.3, -0.25) is 0 Å². The van der Waals surface area contributed by atoms with Crippen LogP contribution in [0.15, 0.2) is 23.1 Å². The summed E-state index contributed by atoms with van der Waals surface area (Å²) >= 11 is 12.3. The molecule has 0 heterocycles. The van der Waals surface area contributed by atoms with E-state index < -0.39 is 10.0 Å². The molecule has 3 N–H and O–H groups in total. The van der Waals surface area contributed by atoms with E-state index in [9.17, 15) is 8.42 Å². The number of nitrogens with one attached hydrogen (secondary N) is 1. The van der Waals surface area contributed by atoms with Crippen molar-refractivity contribution in [2.45, 2.75) is 17.9 Å². The Morgan fingerprint density at radius 3 is 2.68 bits per heavy atom. The Morgan fingerprint density at radius 2 is 2.21 bits per heavy atom. The first kappa shape index (κ1) is 16.7. The van der Waals surface area contributed by atoms with Gasteiger partial charge < -0.3 is 5.73 Å². The summed E-state index contributed by atoms with van der Waals surface area (Å²) in [7, 11) is -3.58. The van der Waals surface area contributed by atoms with Crippen LogP contribution in [-0.4, -0.2) is 31.5 Å². The van der Waals surface area contributed by atoms with Crippen molar-refractivity contribution < 1.29 is 8.42 Å². The molecular weight excluding hydrogens is 324 g/mol. The van der Waals surface area contributed by atoms with Gasteiger partial charge in [0.1, 0.15) is 4.99 Å². The van der Waals surface area contributed by atoms with Crippen LogP contribution >= 0.6 is 35.6 Å². The summed E-state index contributed by atoms with van der Waals surface area (Å²) in [6.45, 7) is 1.80. The van der Waals surface area contributed by atoms with Gasteiger partial charge in [-0.05, 0) is 31.4 Å². The van der Waals surface area contributed by atoms with Gasteiger partial charge in [0.25, 0.3) is 0 Å². The Kier molecular flexibility index (Phi) is 6.07. The molecule has 1 rings (SSSR count). The maximum atomic E-state index is 12.1. The fourth-order valence-corrected chi connectivity index (χ4v) is 4.02. The fraction of sp³-hybridized carbons (Fsp3) is 0.364. The lowest BCUT2D eigenvalue weighted by molar-refractivity contribution is 0.571. The first-order chi connectivity index (χ1) is 8.77. The second-order valence-corrected chi connectivity index (χ2v) is 7.46. The molecule has 0 saturated heterocycles. The first-order valence-corrected chi connectivity index (χ1v) is 9.05. The van der Waals surface area contributed by atoms with E-state index >= 15 is 0 Å². The molecule has 8 heteroatoms. The zero-order valence-electron chi connectivity index (χ0n) is 10.5. The second-order valence-electron chi connectivity index (χ2n) is 3.98. The Balaban J connectivity index is 3.03. The van der Waals surface area contributed by atoms with Crippen molar-refractivity contribution in [1.29, 1.82) is 0 Å². The smallest absolute Gasteiger partial charge is 0.240 e. The molecule has 0 amide bonds. The second kappa shape index (κ2) is 6.90. The monoisotopic (exact) mass is 338 g/mol. The van der Waals surface area contributed by atoms with Crippen molar-refractivity contribution in [3.05, 3.63) is 28.8 Å². The predicted octanol–water partition coefficient (Wildman–Crippen LogP) is 2.00. The first-order valence-electron chi connectivity index (χ1n) is 5.38. The summed E-state index contributed by atoms with van der Waals surface area (Å²) in [5.41, 5.74) is 5.94. The highest BCUT2D eigenvalue weighted by molar-refractivity contribution is 7.98. The minimum atomic E-state index is -3.58. The standard InChI is InChI=1S/C11H15ClN2O2S3/c1-7(6-18-2)14-19(15,16)8-3-4-9(11(13)17)10(12)5-8/h3-5,7,14H,6H2,1-2H3,(H2,13,17). The predicted molar refractivity (Wildman–Crippen MR) is 85.5 cm³/mol. The minimum absolute atomic E-state index is 0.102. The Hall–Kier alpha value is -0.340. The molecule has 0 spiro atoms. The summed E-state index contributed by atoms with van der Waals surface area (Å²) in [6, 6.07) is 4.14. The highest BCUT2D eigenvalue weighted by Gasteiger charge is 2.18. The van der Waals surface area contributed by atoms with E-state index in [-0.39, 0.29) is 20.9 Å². The number of hydrogen-bond acceptors (Lipinski definition) is 4. The molecule has 0 radical (unpaired) electrons. The number of nitrogens with two attached hydrogens (primary N) is 1. The Morgan fingerprint density at radius 1 is 1.58 bits per heavy atom. The van der Waals surface area contributed by atoms with Gasteiger partial charge >= 0.3 is 0 Å². The molecule has 106 valence electrons. The van der Waals surface area contributed by atoms with E-state index in [1.165, 1.54) is 18.2 Å². The lowest BCUT2D eigenvalue weighted by Crippen LogP contribution is -2.34. The highest BCUT2D eigenvalue weighted by atomic mass is 35.5. The molecule has 0 aliphatic heterocycles. The van der Waals surface area contributed by atoms with Crippen LogP contribution in [0.4, 0.5) is 0 Å². The van der Waals surface area contributed by atoms with Crippen LogP contribution in [-0.2, 0) is 10.0 Å². The Labute approximate surface area is 128 Å². The lowest BCUT2D eigenvalue weighted by Gasteiger charge is -2.13. The number of benzene rings is 1. The van der Waals surface area contributed by atoms with Gasteiger partial charge in [0.15, 0.2) is 0 Å². The number of hydrogen-bond donors (Lipinski definition) is 2. The van der Waals surface area contributed by atoms with E-state index in [1.807, 2.05) is 6.26 Å². The van der Waals surface area contributed by atoms with E-state index in [0.29, 0.717) is 11.3 Å². The molecule has 1 aromatic rings. The van der Waals surface area contributed by atoms with Crippen molar-refractivity contribution >= 4 is 50.6 Å². The molecule has 19 heavy (non-hydrogen) atoms. The van der Waals surface area contributed by atoms with Crippen molar-refractivity contribution in [3.63, 3.8) is 0 Å². The summed E-state index contributed by atoms with van der Waals surface area (Å²) < 4.78 is 26.8. The SMILES string of the molecule is CSCC(C)NS(=O)(=O)c1ccc(C(N)=S)c(Cl)c1. The van der Waals surface area contributed by atoms with Crippen LogP contribution < -0.4 is 10.5 Å². The summed E-state index contributed by atoms with van der Waals surface area (Å²) in [6.07, 6.45) is 1.92. The van der Waals surface area contributed by atoms with Crippen LogP contribution in [0.5, 0.6) is 0 Å². The van der Waals surface area contributed by atoms with Gasteiger partial charge in [0, 0.05) is 17.4 Å².